The van der Waals surface area contributed by atoms with Crippen LogP contribution in [0, 0.1) is 5.92 Å². The van der Waals surface area contributed by atoms with Gasteiger partial charge in [0.1, 0.15) is 11.3 Å². The third kappa shape index (κ3) is 4.28. The topological polar surface area (TPSA) is 76.5 Å². The fourth-order valence-electron chi connectivity index (χ4n) is 5.42. The third-order valence-corrected chi connectivity index (χ3v) is 7.59. The van der Waals surface area contributed by atoms with Gasteiger partial charge in [0.2, 0.25) is 5.91 Å². The van der Waals surface area contributed by atoms with Gasteiger partial charge in [-0.05, 0) is 63.6 Å². The first-order valence-electron chi connectivity index (χ1n) is 12.7. The van der Waals surface area contributed by atoms with Gasteiger partial charge >= 0.3 is 0 Å². The molecule has 1 unspecified atom stereocenters. The van der Waals surface area contributed by atoms with Gasteiger partial charge in [-0.25, -0.2) is 4.98 Å². The number of aromatic nitrogens is 2. The minimum absolute atomic E-state index is 0.109. The maximum atomic E-state index is 13.9. The zero-order valence-electron chi connectivity index (χ0n) is 20.8. The largest absolute Gasteiger partial charge is 0.494 e. The van der Waals surface area contributed by atoms with Crippen LogP contribution >= 0.6 is 0 Å². The highest BCUT2D eigenvalue weighted by Crippen LogP contribution is 2.34. The lowest BCUT2D eigenvalue weighted by Crippen LogP contribution is -2.64. The summed E-state index contributed by atoms with van der Waals surface area (Å²) in [7, 11) is 0. The molecule has 7 heteroatoms. The summed E-state index contributed by atoms with van der Waals surface area (Å²) in [6, 6.07) is 15.6. The second-order valence-electron chi connectivity index (χ2n) is 10.1. The summed E-state index contributed by atoms with van der Waals surface area (Å²) in [6.07, 6.45) is 4.18. The van der Waals surface area contributed by atoms with Crippen molar-refractivity contribution in [2.24, 2.45) is 5.92 Å². The molecule has 1 aromatic heterocycles. The number of hydrogen-bond acceptors (Lipinski definition) is 4. The number of para-hydroxylation sites is 3. The van der Waals surface area contributed by atoms with E-state index in [2.05, 4.69) is 17.2 Å². The average molecular weight is 475 g/mol. The number of rotatable bonds is 6. The van der Waals surface area contributed by atoms with Crippen LogP contribution in [-0.2, 0) is 17.9 Å². The molecule has 1 saturated carbocycles. The lowest BCUT2D eigenvalue weighted by Gasteiger charge is -2.44. The van der Waals surface area contributed by atoms with Gasteiger partial charge in [-0.3, -0.25) is 9.59 Å². The summed E-state index contributed by atoms with van der Waals surface area (Å²) in [5, 5.41) is 3.30. The second kappa shape index (κ2) is 9.36. The maximum absolute atomic E-state index is 13.9. The van der Waals surface area contributed by atoms with Crippen molar-refractivity contribution in [3.63, 3.8) is 0 Å². The van der Waals surface area contributed by atoms with Gasteiger partial charge in [0.15, 0.2) is 5.82 Å². The van der Waals surface area contributed by atoms with E-state index >= 15 is 0 Å². The molecule has 184 valence electrons. The predicted octanol–water partition coefficient (Wildman–Crippen LogP) is 4.54. The van der Waals surface area contributed by atoms with Crippen LogP contribution in [0.5, 0.6) is 5.75 Å². The number of carbonyl (C=O) groups is 2. The first-order chi connectivity index (χ1) is 16.9. The highest BCUT2D eigenvalue weighted by atomic mass is 16.5. The Balaban J connectivity index is 1.53. The van der Waals surface area contributed by atoms with Crippen LogP contribution in [-0.4, -0.2) is 44.5 Å². The van der Waals surface area contributed by atoms with E-state index in [9.17, 15) is 9.59 Å². The Morgan fingerprint density at radius 2 is 1.83 bits per heavy atom. The van der Waals surface area contributed by atoms with Gasteiger partial charge in [0.05, 0.1) is 30.7 Å². The van der Waals surface area contributed by atoms with Crippen LogP contribution in [0.25, 0.3) is 11.0 Å². The van der Waals surface area contributed by atoms with Crippen molar-refractivity contribution in [3.8, 4) is 5.75 Å². The third-order valence-electron chi connectivity index (χ3n) is 7.59. The van der Waals surface area contributed by atoms with Crippen molar-refractivity contribution >= 4 is 22.8 Å². The molecule has 7 nitrogen and oxygen atoms in total. The molecule has 35 heavy (non-hydrogen) atoms. The van der Waals surface area contributed by atoms with E-state index < -0.39 is 5.54 Å². The van der Waals surface area contributed by atoms with Crippen LogP contribution in [0.3, 0.4) is 0 Å². The summed E-state index contributed by atoms with van der Waals surface area (Å²) in [5.74, 6) is 1.44. The maximum Gasteiger partial charge on any atom is 0.291 e. The summed E-state index contributed by atoms with van der Waals surface area (Å²) < 4.78 is 7.74. The number of nitrogens with zero attached hydrogens (tertiary/aromatic N) is 3. The molecule has 1 fully saturated rings. The predicted molar refractivity (Wildman–Crippen MR) is 135 cm³/mol. The molecule has 1 aliphatic heterocycles. The molecule has 0 radical (unpaired) electrons. The number of benzene rings is 2. The Labute approximate surface area is 206 Å². The fraction of sp³-hybridized carbons (Fsp3) is 0.464. The summed E-state index contributed by atoms with van der Waals surface area (Å²) in [5.41, 5.74) is 1.43. The van der Waals surface area contributed by atoms with E-state index in [-0.39, 0.29) is 24.4 Å². The molecule has 1 aliphatic carbocycles. The summed E-state index contributed by atoms with van der Waals surface area (Å²) in [6.45, 7) is 7.23. The summed E-state index contributed by atoms with van der Waals surface area (Å²) >= 11 is 0. The Morgan fingerprint density at radius 1 is 1.11 bits per heavy atom. The van der Waals surface area contributed by atoms with E-state index in [1.165, 1.54) is 0 Å². The van der Waals surface area contributed by atoms with Crippen molar-refractivity contribution in [1.82, 2.24) is 19.8 Å². The van der Waals surface area contributed by atoms with Crippen molar-refractivity contribution in [1.29, 1.82) is 0 Å². The van der Waals surface area contributed by atoms with Gasteiger partial charge in [-0.2, -0.15) is 0 Å². The molecule has 2 amide bonds. The number of hydrogen-bond donors (Lipinski definition) is 1. The zero-order chi connectivity index (χ0) is 24.6. The van der Waals surface area contributed by atoms with Crippen LogP contribution in [0.4, 0.5) is 0 Å². The molecule has 2 aromatic carbocycles. The molecule has 3 aromatic rings. The summed E-state index contributed by atoms with van der Waals surface area (Å²) in [4.78, 5) is 34.2. The van der Waals surface area contributed by atoms with Crippen LogP contribution < -0.4 is 10.1 Å². The molecule has 0 saturated heterocycles. The average Bonchev–Trinajstić information content (AvgIpc) is 3.23. The standard InChI is InChI=1S/C28H34N4O3/c1-4-35-24-12-8-5-9-20(24)17-32-26(33)25-30-22-10-6-7-11-23(22)31(25)18-28(32,3)27(34)29-21-15-13-19(2)14-16-21/h5-12,19,21H,4,13-18H2,1-3H3,(H,29,34). The van der Waals surface area contributed by atoms with Gasteiger partial charge in [-0.15, -0.1) is 0 Å². The number of ether oxygens (including phenoxy) is 1. The minimum atomic E-state index is -1.07. The fourth-order valence-corrected chi connectivity index (χ4v) is 5.42. The molecule has 2 heterocycles. The Kier molecular flexibility index (Phi) is 6.26. The molecule has 0 spiro atoms. The molecular weight excluding hydrogens is 440 g/mol. The SMILES string of the molecule is CCOc1ccccc1CN1C(=O)c2nc3ccccc3n2CC1(C)C(=O)NC1CCC(C)CC1. The van der Waals surface area contributed by atoms with Gasteiger partial charge < -0.3 is 19.5 Å². The van der Waals surface area contributed by atoms with Gasteiger partial charge in [-0.1, -0.05) is 37.3 Å². The molecule has 2 aliphatic rings. The molecule has 5 rings (SSSR count). The van der Waals surface area contributed by atoms with Crippen molar-refractivity contribution in [2.45, 2.75) is 71.1 Å². The van der Waals surface area contributed by atoms with E-state index in [0.29, 0.717) is 24.9 Å². The van der Waals surface area contributed by atoms with Gasteiger partial charge in [0.25, 0.3) is 5.91 Å². The minimum Gasteiger partial charge on any atom is -0.494 e. The smallest absolute Gasteiger partial charge is 0.291 e. The Bertz CT molecular complexity index is 1240. The number of imidazole rings is 1. The van der Waals surface area contributed by atoms with Crippen LogP contribution in [0.2, 0.25) is 0 Å². The van der Waals surface area contributed by atoms with E-state index in [1.54, 1.807) is 4.90 Å². The molecule has 1 atom stereocenters. The Hall–Kier alpha value is -3.35. The molecular formula is C28H34N4O3. The number of carbonyl (C=O) groups excluding carboxylic acids is 2. The van der Waals surface area contributed by atoms with E-state index in [1.807, 2.05) is 66.9 Å². The van der Waals surface area contributed by atoms with Crippen LogP contribution in [0.1, 0.15) is 62.6 Å². The lowest BCUT2D eigenvalue weighted by atomic mass is 9.86. The number of fused-ring (bicyclic) bond motifs is 3. The van der Waals surface area contributed by atoms with Crippen molar-refractivity contribution < 1.29 is 14.3 Å². The number of amides is 2. The van der Waals surface area contributed by atoms with Crippen molar-refractivity contribution in [3.05, 3.63) is 59.9 Å². The molecule has 0 bridgehead atoms. The van der Waals surface area contributed by atoms with E-state index in [4.69, 9.17) is 4.74 Å². The highest BCUT2D eigenvalue weighted by molar-refractivity contribution is 6.01. The van der Waals surface area contributed by atoms with E-state index in [0.717, 1.165) is 48.0 Å². The number of nitrogens with one attached hydrogen (secondary N) is 1. The first-order valence-corrected chi connectivity index (χ1v) is 12.7. The van der Waals surface area contributed by atoms with Crippen LogP contribution in [0.15, 0.2) is 48.5 Å². The second-order valence-corrected chi connectivity index (χ2v) is 10.1. The first kappa shape index (κ1) is 23.4. The quantitative estimate of drug-likeness (QED) is 0.569. The lowest BCUT2D eigenvalue weighted by molar-refractivity contribution is -0.134. The monoisotopic (exact) mass is 474 g/mol. The Morgan fingerprint density at radius 3 is 2.60 bits per heavy atom. The van der Waals surface area contributed by atoms with Crippen molar-refractivity contribution in [2.75, 3.05) is 6.61 Å². The zero-order valence-corrected chi connectivity index (χ0v) is 20.8. The van der Waals surface area contributed by atoms with Gasteiger partial charge in [0, 0.05) is 11.6 Å². The highest BCUT2D eigenvalue weighted by Gasteiger charge is 2.49. The normalized spacial score (nSPS) is 24.3. The molecule has 1 N–H and O–H groups in total.